The number of carbonyl (C=O) groups is 1. The van der Waals surface area contributed by atoms with Crippen LogP contribution < -0.4 is 4.74 Å². The van der Waals surface area contributed by atoms with Crippen LogP contribution in [0.5, 0.6) is 5.75 Å². The molecular formula is C23H23ClN2O2. The Labute approximate surface area is 170 Å². The van der Waals surface area contributed by atoms with E-state index in [0.717, 1.165) is 11.3 Å². The Morgan fingerprint density at radius 1 is 1.11 bits per heavy atom. The highest BCUT2D eigenvalue weighted by Gasteiger charge is 2.15. The predicted octanol–water partition coefficient (Wildman–Crippen LogP) is 4.78. The van der Waals surface area contributed by atoms with Crippen molar-refractivity contribution < 1.29 is 9.53 Å². The molecule has 2 aromatic carbocycles. The lowest BCUT2D eigenvalue weighted by Crippen LogP contribution is -2.35. The summed E-state index contributed by atoms with van der Waals surface area (Å²) in [4.78, 5) is 14.4. The van der Waals surface area contributed by atoms with Crippen LogP contribution in [0.25, 0.3) is 0 Å². The molecule has 0 aliphatic carbocycles. The monoisotopic (exact) mass is 394 g/mol. The first kappa shape index (κ1) is 19.8. The van der Waals surface area contributed by atoms with Crippen LogP contribution in [-0.4, -0.2) is 28.5 Å². The number of rotatable bonds is 9. The Kier molecular flexibility index (Phi) is 6.93. The molecule has 1 aromatic heterocycles. The third-order valence-electron chi connectivity index (χ3n) is 4.33. The third-order valence-corrected chi connectivity index (χ3v) is 4.56. The Morgan fingerprint density at radius 3 is 2.68 bits per heavy atom. The Hall–Kier alpha value is -2.98. The fraction of sp³-hybridized carbons (Fsp3) is 0.174. The van der Waals surface area contributed by atoms with Crippen molar-refractivity contribution in [2.45, 2.75) is 13.1 Å². The molecule has 3 rings (SSSR count). The van der Waals surface area contributed by atoms with Crippen molar-refractivity contribution in [3.8, 4) is 5.75 Å². The Balaban J connectivity index is 1.66. The summed E-state index contributed by atoms with van der Waals surface area (Å²) >= 11 is 6.09. The van der Waals surface area contributed by atoms with E-state index in [-0.39, 0.29) is 12.5 Å². The fourth-order valence-corrected chi connectivity index (χ4v) is 3.15. The van der Waals surface area contributed by atoms with Crippen molar-refractivity contribution in [2.75, 3.05) is 13.2 Å². The van der Waals surface area contributed by atoms with Gasteiger partial charge in [-0.15, -0.1) is 6.58 Å². The van der Waals surface area contributed by atoms with Crippen LogP contribution in [-0.2, 0) is 17.9 Å². The number of nitrogens with zero attached hydrogens (tertiary/aromatic N) is 2. The van der Waals surface area contributed by atoms with E-state index in [1.807, 2.05) is 72.9 Å². The molecule has 0 aliphatic heterocycles. The summed E-state index contributed by atoms with van der Waals surface area (Å²) in [5.41, 5.74) is 2.15. The zero-order chi connectivity index (χ0) is 19.8. The van der Waals surface area contributed by atoms with Crippen LogP contribution in [0.3, 0.4) is 0 Å². The number of halogens is 1. The number of carbonyl (C=O) groups excluding carboxylic acids is 1. The van der Waals surface area contributed by atoms with Gasteiger partial charge >= 0.3 is 0 Å². The molecule has 0 unspecified atom stereocenters. The summed E-state index contributed by atoms with van der Waals surface area (Å²) in [6.07, 6.45) is 3.73. The molecule has 0 spiro atoms. The van der Waals surface area contributed by atoms with E-state index in [1.165, 1.54) is 0 Å². The molecule has 0 saturated heterocycles. The maximum Gasteiger partial charge on any atom is 0.261 e. The molecule has 3 aromatic rings. The van der Waals surface area contributed by atoms with E-state index in [1.54, 1.807) is 11.0 Å². The highest BCUT2D eigenvalue weighted by atomic mass is 35.5. The molecule has 144 valence electrons. The summed E-state index contributed by atoms with van der Waals surface area (Å²) in [6.45, 7) is 5.40. The van der Waals surface area contributed by atoms with Gasteiger partial charge in [0.05, 0.1) is 6.54 Å². The minimum absolute atomic E-state index is 0.00709. The lowest BCUT2D eigenvalue weighted by Gasteiger charge is -2.22. The first-order valence-electron chi connectivity index (χ1n) is 9.10. The number of ether oxygens (including phenoxy) is 1. The number of hydrogen-bond acceptors (Lipinski definition) is 2. The average molecular weight is 395 g/mol. The SMILES string of the molecule is C=CCN(Cc1cccn1Cc1cccc(Cl)c1)C(=O)COc1ccccc1. The molecule has 28 heavy (non-hydrogen) atoms. The summed E-state index contributed by atoms with van der Waals surface area (Å²) in [5, 5.41) is 0.715. The van der Waals surface area contributed by atoms with Gasteiger partial charge in [-0.05, 0) is 42.0 Å². The van der Waals surface area contributed by atoms with Gasteiger partial charge < -0.3 is 14.2 Å². The molecule has 4 nitrogen and oxygen atoms in total. The molecule has 0 N–H and O–H groups in total. The maximum atomic E-state index is 12.7. The molecule has 0 bridgehead atoms. The van der Waals surface area contributed by atoms with Gasteiger partial charge in [0.15, 0.2) is 6.61 Å². The molecule has 0 saturated carbocycles. The predicted molar refractivity (Wildman–Crippen MR) is 113 cm³/mol. The highest BCUT2D eigenvalue weighted by molar-refractivity contribution is 6.30. The molecule has 1 amide bonds. The van der Waals surface area contributed by atoms with Gasteiger partial charge in [-0.1, -0.05) is 48.0 Å². The number of hydrogen-bond donors (Lipinski definition) is 0. The molecule has 0 radical (unpaired) electrons. The third kappa shape index (κ3) is 5.51. The largest absolute Gasteiger partial charge is 0.484 e. The highest BCUT2D eigenvalue weighted by Crippen LogP contribution is 2.15. The lowest BCUT2D eigenvalue weighted by atomic mass is 10.2. The topological polar surface area (TPSA) is 34.5 Å². The summed E-state index contributed by atoms with van der Waals surface area (Å²) in [6, 6.07) is 21.1. The van der Waals surface area contributed by atoms with Crippen molar-refractivity contribution in [1.82, 2.24) is 9.47 Å². The minimum atomic E-state index is -0.0840. The van der Waals surface area contributed by atoms with Gasteiger partial charge in [-0.25, -0.2) is 0 Å². The fourth-order valence-electron chi connectivity index (χ4n) is 2.94. The summed E-state index contributed by atoms with van der Waals surface area (Å²) in [7, 11) is 0. The van der Waals surface area contributed by atoms with E-state index in [2.05, 4.69) is 11.1 Å². The Bertz CT molecular complexity index is 921. The van der Waals surface area contributed by atoms with E-state index in [4.69, 9.17) is 16.3 Å². The molecule has 5 heteroatoms. The van der Waals surface area contributed by atoms with Crippen molar-refractivity contribution >= 4 is 17.5 Å². The first-order valence-corrected chi connectivity index (χ1v) is 9.48. The van der Waals surface area contributed by atoms with Crippen molar-refractivity contribution in [3.63, 3.8) is 0 Å². The van der Waals surface area contributed by atoms with Crippen LogP contribution in [0.1, 0.15) is 11.3 Å². The zero-order valence-electron chi connectivity index (χ0n) is 15.6. The number of amides is 1. The Morgan fingerprint density at radius 2 is 1.93 bits per heavy atom. The minimum Gasteiger partial charge on any atom is -0.484 e. The average Bonchev–Trinajstić information content (AvgIpc) is 3.13. The van der Waals surface area contributed by atoms with Crippen molar-refractivity contribution in [2.24, 2.45) is 0 Å². The second-order valence-corrected chi connectivity index (χ2v) is 6.86. The lowest BCUT2D eigenvalue weighted by molar-refractivity contribution is -0.133. The smallest absolute Gasteiger partial charge is 0.261 e. The van der Waals surface area contributed by atoms with E-state index < -0.39 is 0 Å². The number of aromatic nitrogens is 1. The van der Waals surface area contributed by atoms with Crippen LogP contribution in [0, 0.1) is 0 Å². The second-order valence-electron chi connectivity index (χ2n) is 6.42. The maximum absolute atomic E-state index is 12.7. The molecule has 1 heterocycles. The number of para-hydroxylation sites is 1. The zero-order valence-corrected chi connectivity index (χ0v) is 16.4. The second kappa shape index (κ2) is 9.81. The first-order chi connectivity index (χ1) is 13.7. The van der Waals surface area contributed by atoms with Gasteiger partial charge in [0, 0.05) is 30.0 Å². The molecule has 0 aliphatic rings. The van der Waals surface area contributed by atoms with Crippen LogP contribution in [0.15, 0.2) is 85.6 Å². The molecular weight excluding hydrogens is 372 g/mol. The van der Waals surface area contributed by atoms with E-state index in [9.17, 15) is 4.79 Å². The van der Waals surface area contributed by atoms with Gasteiger partial charge in [-0.3, -0.25) is 4.79 Å². The summed E-state index contributed by atoms with van der Waals surface area (Å²) < 4.78 is 7.72. The standard InChI is InChI=1S/C23H23ClN2O2/c1-2-13-26(23(27)18-28-22-11-4-3-5-12-22)17-21-10-7-14-25(21)16-19-8-6-9-20(24)15-19/h2-12,14-15H,1,13,16-18H2. The van der Waals surface area contributed by atoms with E-state index in [0.29, 0.717) is 30.4 Å². The van der Waals surface area contributed by atoms with Crippen LogP contribution >= 0.6 is 11.6 Å². The normalized spacial score (nSPS) is 10.5. The van der Waals surface area contributed by atoms with Gasteiger partial charge in [0.1, 0.15) is 5.75 Å². The van der Waals surface area contributed by atoms with Crippen LogP contribution in [0.2, 0.25) is 5.02 Å². The van der Waals surface area contributed by atoms with E-state index >= 15 is 0 Å². The number of benzene rings is 2. The van der Waals surface area contributed by atoms with Crippen molar-refractivity contribution in [3.05, 3.63) is 102 Å². The molecule has 0 atom stereocenters. The van der Waals surface area contributed by atoms with Gasteiger partial charge in [0.25, 0.3) is 5.91 Å². The summed E-state index contributed by atoms with van der Waals surface area (Å²) in [5.74, 6) is 0.595. The quantitative estimate of drug-likeness (QED) is 0.489. The van der Waals surface area contributed by atoms with Crippen LogP contribution in [0.4, 0.5) is 0 Å². The van der Waals surface area contributed by atoms with Gasteiger partial charge in [-0.2, -0.15) is 0 Å². The molecule has 0 fully saturated rings. The van der Waals surface area contributed by atoms with Crippen molar-refractivity contribution in [1.29, 1.82) is 0 Å². The van der Waals surface area contributed by atoms with Gasteiger partial charge in [0.2, 0.25) is 0 Å².